The van der Waals surface area contributed by atoms with Gasteiger partial charge in [-0.3, -0.25) is 4.79 Å². The molecule has 0 aliphatic carbocycles. The van der Waals surface area contributed by atoms with Gasteiger partial charge in [0.15, 0.2) is 6.61 Å². The molecule has 1 amide bonds. The minimum Gasteiger partial charge on any atom is -0.484 e. The molecule has 2 heterocycles. The van der Waals surface area contributed by atoms with Gasteiger partial charge in [0.25, 0.3) is 5.91 Å². The molecule has 154 valence electrons. The Hall–Kier alpha value is -1.94. The first-order valence-electron chi connectivity index (χ1n) is 9.35. The van der Waals surface area contributed by atoms with Crippen molar-refractivity contribution in [3.8, 4) is 5.75 Å². The zero-order chi connectivity index (χ0) is 20.4. The predicted octanol–water partition coefficient (Wildman–Crippen LogP) is 2.44. The van der Waals surface area contributed by atoms with Gasteiger partial charge in [-0.15, -0.1) is 0 Å². The van der Waals surface area contributed by atoms with Crippen LogP contribution in [0.4, 0.5) is 5.69 Å². The Morgan fingerprint density at radius 2 is 1.79 bits per heavy atom. The van der Waals surface area contributed by atoms with Crippen LogP contribution in [0.25, 0.3) is 0 Å². The third-order valence-electron chi connectivity index (χ3n) is 5.03. The number of nitrogens with zero attached hydrogens (tertiary/aromatic N) is 2. The smallest absolute Gasteiger partial charge is 0.264 e. The highest BCUT2D eigenvalue weighted by molar-refractivity contribution is 9.10. The number of anilines is 1. The van der Waals surface area contributed by atoms with E-state index in [-0.39, 0.29) is 17.4 Å². The highest BCUT2D eigenvalue weighted by Gasteiger charge is 2.27. The fraction of sp³-hybridized carbons (Fsp3) is 0.350. The molecule has 0 bridgehead atoms. The van der Waals surface area contributed by atoms with Gasteiger partial charge in [0, 0.05) is 29.8 Å². The molecular weight excluding hydrogens is 460 g/mol. The van der Waals surface area contributed by atoms with Gasteiger partial charge in [-0.1, -0.05) is 15.9 Å². The first-order valence-corrected chi connectivity index (χ1v) is 11.6. The molecule has 2 aliphatic rings. The minimum atomic E-state index is -3.54. The highest BCUT2D eigenvalue weighted by atomic mass is 79.9. The van der Waals surface area contributed by atoms with Crippen LogP contribution in [0, 0.1) is 0 Å². The third kappa shape index (κ3) is 4.32. The topological polar surface area (TPSA) is 76.2 Å². The molecule has 29 heavy (non-hydrogen) atoms. The second-order valence-corrected chi connectivity index (χ2v) is 9.70. The maximum atomic E-state index is 12.6. The van der Waals surface area contributed by atoms with E-state index in [4.69, 9.17) is 9.47 Å². The van der Waals surface area contributed by atoms with E-state index in [0.717, 1.165) is 22.1 Å². The first-order chi connectivity index (χ1) is 13.9. The number of rotatable bonds is 5. The summed E-state index contributed by atoms with van der Waals surface area (Å²) in [6.07, 6.45) is 0.814. The van der Waals surface area contributed by atoms with Crippen LogP contribution in [0.1, 0.15) is 5.56 Å². The number of fused-ring (bicyclic) bond motifs is 1. The SMILES string of the molecule is O=C(COc1ccc(S(=O)(=O)N2CCOCC2)cc1)N1CCc2cc(Br)ccc21. The number of carbonyl (C=O) groups excluding carboxylic acids is 1. The molecule has 7 nitrogen and oxygen atoms in total. The fourth-order valence-corrected chi connectivity index (χ4v) is 5.31. The lowest BCUT2D eigenvalue weighted by molar-refractivity contribution is -0.120. The zero-order valence-electron chi connectivity index (χ0n) is 15.7. The molecule has 0 N–H and O–H groups in total. The molecule has 0 spiro atoms. The van der Waals surface area contributed by atoms with E-state index in [1.807, 2.05) is 18.2 Å². The average Bonchev–Trinajstić information content (AvgIpc) is 3.16. The number of carbonyl (C=O) groups is 1. The third-order valence-corrected chi connectivity index (χ3v) is 7.44. The quantitative estimate of drug-likeness (QED) is 0.656. The lowest BCUT2D eigenvalue weighted by Gasteiger charge is -2.26. The van der Waals surface area contributed by atoms with Gasteiger partial charge in [-0.2, -0.15) is 4.31 Å². The summed E-state index contributed by atoms with van der Waals surface area (Å²) in [5, 5.41) is 0. The molecule has 0 radical (unpaired) electrons. The number of hydrogen-bond acceptors (Lipinski definition) is 5. The van der Waals surface area contributed by atoms with Gasteiger partial charge >= 0.3 is 0 Å². The van der Waals surface area contributed by atoms with Crippen molar-refractivity contribution in [1.82, 2.24) is 4.31 Å². The van der Waals surface area contributed by atoms with Crippen molar-refractivity contribution in [2.24, 2.45) is 0 Å². The molecule has 2 aromatic carbocycles. The van der Waals surface area contributed by atoms with E-state index < -0.39 is 10.0 Å². The van der Waals surface area contributed by atoms with Gasteiger partial charge in [0.2, 0.25) is 10.0 Å². The van der Waals surface area contributed by atoms with Gasteiger partial charge < -0.3 is 14.4 Å². The van der Waals surface area contributed by atoms with Crippen LogP contribution in [0.15, 0.2) is 51.8 Å². The maximum absolute atomic E-state index is 12.6. The average molecular weight is 481 g/mol. The van der Waals surface area contributed by atoms with E-state index in [2.05, 4.69) is 15.9 Å². The van der Waals surface area contributed by atoms with Crippen LogP contribution in [0.3, 0.4) is 0 Å². The van der Waals surface area contributed by atoms with Crippen molar-refractivity contribution >= 4 is 37.5 Å². The molecule has 1 saturated heterocycles. The number of halogens is 1. The standard InChI is InChI=1S/C20H21BrN2O5S/c21-16-1-6-19-15(13-16)7-8-23(19)20(24)14-28-17-2-4-18(5-3-17)29(25,26)22-9-11-27-12-10-22/h1-6,13H,7-12,14H2. The van der Waals surface area contributed by atoms with E-state index in [9.17, 15) is 13.2 Å². The zero-order valence-corrected chi connectivity index (χ0v) is 18.1. The van der Waals surface area contributed by atoms with Crippen molar-refractivity contribution < 1.29 is 22.7 Å². The monoisotopic (exact) mass is 480 g/mol. The van der Waals surface area contributed by atoms with Crippen molar-refractivity contribution in [3.05, 3.63) is 52.5 Å². The molecule has 2 aromatic rings. The second kappa shape index (κ2) is 8.43. The van der Waals surface area contributed by atoms with Gasteiger partial charge in [0.1, 0.15) is 5.75 Å². The summed E-state index contributed by atoms with van der Waals surface area (Å²) in [7, 11) is -3.54. The molecule has 4 rings (SSSR count). The normalized spacial score (nSPS) is 17.2. The number of hydrogen-bond donors (Lipinski definition) is 0. The number of morpholine rings is 1. The van der Waals surface area contributed by atoms with Crippen LogP contribution < -0.4 is 9.64 Å². The highest BCUT2D eigenvalue weighted by Crippen LogP contribution is 2.30. The molecule has 0 atom stereocenters. The van der Waals surface area contributed by atoms with Crippen molar-refractivity contribution in [2.45, 2.75) is 11.3 Å². The lowest BCUT2D eigenvalue weighted by atomic mass is 10.2. The van der Waals surface area contributed by atoms with E-state index in [1.54, 1.807) is 17.0 Å². The van der Waals surface area contributed by atoms with Gasteiger partial charge in [-0.05, 0) is 54.4 Å². The molecule has 1 fully saturated rings. The summed E-state index contributed by atoms with van der Waals surface area (Å²) in [5.41, 5.74) is 2.04. The molecule has 9 heteroatoms. The van der Waals surface area contributed by atoms with Crippen LogP contribution in [-0.2, 0) is 26.0 Å². The largest absolute Gasteiger partial charge is 0.484 e. The predicted molar refractivity (Wildman–Crippen MR) is 112 cm³/mol. The van der Waals surface area contributed by atoms with Gasteiger partial charge in [0.05, 0.1) is 18.1 Å². The Morgan fingerprint density at radius 3 is 2.52 bits per heavy atom. The number of ether oxygens (including phenoxy) is 2. The lowest BCUT2D eigenvalue weighted by Crippen LogP contribution is -2.40. The van der Waals surface area contributed by atoms with Crippen LogP contribution in [0.2, 0.25) is 0 Å². The van der Waals surface area contributed by atoms with Gasteiger partial charge in [-0.25, -0.2) is 8.42 Å². The van der Waals surface area contributed by atoms with Crippen molar-refractivity contribution in [1.29, 1.82) is 0 Å². The molecule has 0 unspecified atom stereocenters. The van der Waals surface area contributed by atoms with Crippen LogP contribution in [0.5, 0.6) is 5.75 Å². The molecular formula is C20H21BrN2O5S. The number of amides is 1. The molecule has 0 aromatic heterocycles. The number of sulfonamides is 1. The summed E-state index contributed by atoms with van der Waals surface area (Å²) >= 11 is 3.45. The maximum Gasteiger partial charge on any atom is 0.264 e. The Labute approximate surface area is 178 Å². The second-order valence-electron chi connectivity index (χ2n) is 6.84. The first kappa shape index (κ1) is 20.3. The summed E-state index contributed by atoms with van der Waals surface area (Å²) in [5.74, 6) is 0.325. The molecule has 2 aliphatic heterocycles. The number of benzene rings is 2. The van der Waals surface area contributed by atoms with Crippen molar-refractivity contribution in [3.63, 3.8) is 0 Å². The summed E-state index contributed by atoms with van der Waals surface area (Å²) < 4.78 is 38.5. The molecule has 0 saturated carbocycles. The Balaban J connectivity index is 1.38. The Morgan fingerprint density at radius 1 is 1.07 bits per heavy atom. The summed E-state index contributed by atoms with van der Waals surface area (Å²) in [6.45, 7) is 2.03. The minimum absolute atomic E-state index is 0.106. The van der Waals surface area contributed by atoms with E-state index in [1.165, 1.54) is 16.4 Å². The van der Waals surface area contributed by atoms with E-state index in [0.29, 0.717) is 38.6 Å². The van der Waals surface area contributed by atoms with Crippen LogP contribution >= 0.6 is 15.9 Å². The fourth-order valence-electron chi connectivity index (χ4n) is 3.50. The Kier molecular flexibility index (Phi) is 5.91. The van der Waals surface area contributed by atoms with Crippen molar-refractivity contribution in [2.75, 3.05) is 44.4 Å². The summed E-state index contributed by atoms with van der Waals surface area (Å²) in [6, 6.07) is 12.0. The summed E-state index contributed by atoms with van der Waals surface area (Å²) in [4.78, 5) is 14.5. The Bertz CT molecular complexity index is 1000. The van der Waals surface area contributed by atoms with Crippen LogP contribution in [-0.4, -0.2) is 58.1 Å². The van der Waals surface area contributed by atoms with E-state index >= 15 is 0 Å².